The van der Waals surface area contributed by atoms with Gasteiger partial charge < -0.3 is 24.0 Å². The lowest BCUT2D eigenvalue weighted by molar-refractivity contribution is -0.142. The number of rotatable bonds is 10. The number of nitrogens with zero attached hydrogens (tertiary/aromatic N) is 4. The van der Waals surface area contributed by atoms with Gasteiger partial charge >= 0.3 is 0 Å². The number of carbonyl (C=O) groups is 2. The van der Waals surface area contributed by atoms with Crippen LogP contribution in [-0.2, 0) is 31.7 Å². The first kappa shape index (κ1) is 34.1. The van der Waals surface area contributed by atoms with E-state index in [0.29, 0.717) is 42.9 Å². The smallest absolute Gasteiger partial charge is 0.274 e. The Labute approximate surface area is 275 Å². The number of fused-ring (bicyclic) bond motifs is 1. The molecule has 1 saturated heterocycles. The number of benzene rings is 3. The van der Waals surface area contributed by atoms with Gasteiger partial charge in [-0.2, -0.15) is 0 Å². The van der Waals surface area contributed by atoms with Gasteiger partial charge in [0.25, 0.3) is 15.9 Å². The van der Waals surface area contributed by atoms with E-state index in [4.69, 9.17) is 14.2 Å². The van der Waals surface area contributed by atoms with Crippen LogP contribution in [0.2, 0.25) is 0 Å². The van der Waals surface area contributed by atoms with Crippen LogP contribution in [0.15, 0.2) is 59.5 Å². The summed E-state index contributed by atoms with van der Waals surface area (Å²) in [6, 6.07) is 12.3. The van der Waals surface area contributed by atoms with Crippen LogP contribution in [0.3, 0.4) is 0 Å². The van der Waals surface area contributed by atoms with Crippen LogP contribution in [0.25, 0.3) is 0 Å². The zero-order valence-electron chi connectivity index (χ0n) is 27.7. The van der Waals surface area contributed by atoms with Crippen LogP contribution in [0.4, 0.5) is 10.1 Å². The molecule has 1 fully saturated rings. The van der Waals surface area contributed by atoms with Crippen LogP contribution < -0.4 is 18.5 Å². The second kappa shape index (κ2) is 13.1. The summed E-state index contributed by atoms with van der Waals surface area (Å²) in [5.74, 6) is -1.20. The van der Waals surface area contributed by atoms with Gasteiger partial charge in [-0.15, -0.1) is 0 Å². The molecular weight excluding hydrogens is 627 g/mol. The van der Waals surface area contributed by atoms with Crippen molar-refractivity contribution in [3.63, 3.8) is 0 Å². The summed E-state index contributed by atoms with van der Waals surface area (Å²) in [7, 11) is 6.60. The molecule has 0 radical (unpaired) electrons. The predicted molar refractivity (Wildman–Crippen MR) is 175 cm³/mol. The summed E-state index contributed by atoms with van der Waals surface area (Å²) in [5.41, 5.74) is -0.780. The van der Waals surface area contributed by atoms with Crippen LogP contribution in [0.5, 0.6) is 17.2 Å². The van der Waals surface area contributed by atoms with E-state index in [1.54, 1.807) is 31.1 Å². The number of methoxy groups -OCH3 is 3. The van der Waals surface area contributed by atoms with Gasteiger partial charge in [0, 0.05) is 44.4 Å². The average Bonchev–Trinajstić information content (AvgIpc) is 3.31. The number of sulfonamides is 1. The third kappa shape index (κ3) is 5.70. The lowest BCUT2D eigenvalue weighted by Crippen LogP contribution is -2.62. The second-order valence-corrected chi connectivity index (χ2v) is 13.9. The molecule has 2 heterocycles. The number of anilines is 1. The molecule has 3 aromatic carbocycles. The van der Waals surface area contributed by atoms with E-state index in [0.717, 1.165) is 15.9 Å². The third-order valence-electron chi connectivity index (χ3n) is 8.76. The number of hydrogen-bond acceptors (Lipinski definition) is 9. The minimum Gasteiger partial charge on any atom is -0.497 e. The van der Waals surface area contributed by atoms with Crippen molar-refractivity contribution >= 4 is 27.5 Å². The molecule has 0 saturated carbocycles. The fourth-order valence-corrected chi connectivity index (χ4v) is 8.36. The molecule has 11 nitrogen and oxygen atoms in total. The summed E-state index contributed by atoms with van der Waals surface area (Å²) in [5, 5.41) is 0. The highest BCUT2D eigenvalue weighted by molar-refractivity contribution is 7.93. The highest BCUT2D eigenvalue weighted by atomic mass is 32.2. The summed E-state index contributed by atoms with van der Waals surface area (Å²) in [6.07, 6.45) is 1.75. The molecule has 2 aliphatic heterocycles. The molecular formula is C34H41FN4O7S. The number of likely N-dealkylation sites (N-methyl/N-ethyl adjacent to an activating group) is 1. The van der Waals surface area contributed by atoms with Crippen molar-refractivity contribution in [2.24, 2.45) is 0 Å². The Kier molecular flexibility index (Phi) is 9.54. The summed E-state index contributed by atoms with van der Waals surface area (Å²) in [6.45, 7) is 0.745. The molecule has 47 heavy (non-hydrogen) atoms. The quantitative estimate of drug-likeness (QED) is 0.319. The highest BCUT2D eigenvalue weighted by Crippen LogP contribution is 2.55. The van der Waals surface area contributed by atoms with E-state index in [9.17, 15) is 13.2 Å². The number of piperidine rings is 1. The second-order valence-electron chi connectivity index (χ2n) is 12.2. The summed E-state index contributed by atoms with van der Waals surface area (Å²) in [4.78, 5) is 34.2. The number of carbonyl (C=O) groups excluding carboxylic acids is 2. The van der Waals surface area contributed by atoms with Gasteiger partial charge in [-0.25, -0.2) is 17.1 Å². The molecule has 3 aromatic rings. The first-order valence-electron chi connectivity index (χ1n) is 15.2. The van der Waals surface area contributed by atoms with Gasteiger partial charge in [-0.05, 0) is 75.0 Å². The predicted octanol–water partition coefficient (Wildman–Crippen LogP) is 3.83. The Morgan fingerprint density at radius 2 is 1.64 bits per heavy atom. The molecule has 0 aromatic heterocycles. The minimum atomic E-state index is -4.69. The van der Waals surface area contributed by atoms with E-state index in [-0.39, 0.29) is 34.3 Å². The topological polar surface area (TPSA) is 109 Å². The van der Waals surface area contributed by atoms with Crippen LogP contribution in [-0.4, -0.2) is 97.0 Å². The molecule has 2 amide bonds. The molecule has 1 unspecified atom stereocenters. The Bertz CT molecular complexity index is 1800. The van der Waals surface area contributed by atoms with Gasteiger partial charge in [-0.3, -0.25) is 14.5 Å². The Morgan fingerprint density at radius 3 is 2.28 bits per heavy atom. The van der Waals surface area contributed by atoms with Crippen LogP contribution >= 0.6 is 0 Å². The number of halogens is 1. The highest BCUT2D eigenvalue weighted by Gasteiger charge is 2.62. The van der Waals surface area contributed by atoms with Gasteiger partial charge in [0.05, 0.1) is 33.1 Å². The van der Waals surface area contributed by atoms with E-state index in [1.807, 2.05) is 25.1 Å². The largest absolute Gasteiger partial charge is 0.497 e. The molecule has 0 N–H and O–H groups in total. The van der Waals surface area contributed by atoms with E-state index in [2.05, 4.69) is 0 Å². The molecule has 252 valence electrons. The van der Waals surface area contributed by atoms with Gasteiger partial charge in [0.1, 0.15) is 28.0 Å². The van der Waals surface area contributed by atoms with Gasteiger partial charge in [0.2, 0.25) is 5.91 Å². The van der Waals surface area contributed by atoms with Crippen molar-refractivity contribution < 1.29 is 36.6 Å². The van der Waals surface area contributed by atoms with Crippen molar-refractivity contribution in [2.75, 3.05) is 60.4 Å². The molecule has 0 aliphatic carbocycles. The van der Waals surface area contributed by atoms with Crippen molar-refractivity contribution in [3.05, 3.63) is 77.1 Å². The van der Waals surface area contributed by atoms with Crippen molar-refractivity contribution in [3.8, 4) is 17.2 Å². The lowest BCUT2D eigenvalue weighted by Gasteiger charge is -2.47. The Morgan fingerprint density at radius 1 is 0.915 bits per heavy atom. The molecule has 0 bridgehead atoms. The Balaban J connectivity index is 1.89. The SMILES string of the molecule is COc1ccc(S(=O)(=O)N2C(=O)C(c3cc(CN(C)C)ccc3OC)(N3CCCC[C@H]3C(=O)N(C)C)c3cc(F)ccc32)c(OC)c1. The van der Waals surface area contributed by atoms with Crippen molar-refractivity contribution in [1.29, 1.82) is 0 Å². The first-order valence-corrected chi connectivity index (χ1v) is 16.7. The number of ether oxygens (including phenoxy) is 3. The monoisotopic (exact) mass is 668 g/mol. The maximum Gasteiger partial charge on any atom is 0.274 e. The lowest BCUT2D eigenvalue weighted by atomic mass is 9.78. The van der Waals surface area contributed by atoms with Crippen LogP contribution in [0, 0.1) is 5.82 Å². The van der Waals surface area contributed by atoms with E-state index < -0.39 is 33.3 Å². The standard InChI is InChI=1S/C34H41FN4O7S/c1-36(2)21-22-11-15-29(45-6)26(18-22)34(38-17-9-8-10-28(38)32(40)37(3)4)25-19-23(35)12-14-27(25)39(33(34)41)47(42,43)31-16-13-24(44-5)20-30(31)46-7/h11-16,18-20,28H,8-10,17,21H2,1-7H3/t28-,34?/m0/s1. The molecule has 5 rings (SSSR count). The van der Waals surface area contributed by atoms with E-state index >= 15 is 9.18 Å². The number of hydrogen-bond donors (Lipinski definition) is 0. The maximum absolute atomic E-state index is 15.5. The maximum atomic E-state index is 15.5. The van der Waals surface area contributed by atoms with Gasteiger partial charge in [0.15, 0.2) is 5.54 Å². The molecule has 0 spiro atoms. The van der Waals surface area contributed by atoms with Crippen molar-refractivity contribution in [2.45, 2.75) is 42.3 Å². The summed E-state index contributed by atoms with van der Waals surface area (Å²) < 4.78 is 62.2. The Hall–Kier alpha value is -4.20. The normalized spacial score (nSPS) is 19.9. The zero-order valence-corrected chi connectivity index (χ0v) is 28.6. The molecule has 2 atom stereocenters. The summed E-state index contributed by atoms with van der Waals surface area (Å²) >= 11 is 0. The van der Waals surface area contributed by atoms with Gasteiger partial charge in [-0.1, -0.05) is 12.5 Å². The first-order chi connectivity index (χ1) is 22.3. The fourth-order valence-electron chi connectivity index (χ4n) is 6.75. The molecule has 2 aliphatic rings. The molecule has 13 heteroatoms. The number of likely N-dealkylation sites (tertiary alicyclic amines) is 1. The van der Waals surface area contributed by atoms with Crippen molar-refractivity contribution in [1.82, 2.24) is 14.7 Å². The minimum absolute atomic E-state index is 0.0315. The van der Waals surface area contributed by atoms with E-state index in [1.165, 1.54) is 56.6 Å². The average molecular weight is 669 g/mol. The zero-order chi connectivity index (χ0) is 34.3. The van der Waals surface area contributed by atoms with Crippen LogP contribution in [0.1, 0.15) is 36.0 Å². The number of amides is 2. The third-order valence-corrected chi connectivity index (χ3v) is 10.5. The fraction of sp³-hybridized carbons (Fsp3) is 0.412.